The molecule has 0 aromatic heterocycles. The lowest BCUT2D eigenvalue weighted by Crippen LogP contribution is -2.30. The minimum atomic E-state index is 0.512. The van der Waals surface area contributed by atoms with Gasteiger partial charge in [-0.25, -0.2) is 0 Å². The molecule has 0 spiro atoms. The maximum atomic E-state index is 2.46. The summed E-state index contributed by atoms with van der Waals surface area (Å²) in [5, 5.41) is 0. The first-order valence-electron chi connectivity index (χ1n) is 7.42. The van der Waals surface area contributed by atoms with Crippen molar-refractivity contribution in [2.75, 3.05) is 0 Å². The van der Waals surface area contributed by atoms with Crippen LogP contribution >= 0.6 is 0 Å². The van der Waals surface area contributed by atoms with Crippen molar-refractivity contribution in [3.63, 3.8) is 0 Å². The Kier molecular flexibility index (Phi) is 7.35. The first kappa shape index (κ1) is 16.0. The third kappa shape index (κ3) is 4.47. The largest absolute Gasteiger partial charge is 0.0651 e. The lowest BCUT2D eigenvalue weighted by Gasteiger charge is -2.39. The molecule has 0 aliphatic heterocycles. The van der Waals surface area contributed by atoms with E-state index in [2.05, 4.69) is 48.5 Å². The van der Waals surface area contributed by atoms with Crippen LogP contribution in [-0.2, 0) is 0 Å². The van der Waals surface area contributed by atoms with Crippen molar-refractivity contribution < 1.29 is 0 Å². The fourth-order valence-electron chi connectivity index (χ4n) is 2.85. The SMILES string of the molecule is CCC(CC)CC(C(C)CC)C(C)(C)CC. The fourth-order valence-corrected chi connectivity index (χ4v) is 2.85. The van der Waals surface area contributed by atoms with Gasteiger partial charge in [-0.3, -0.25) is 0 Å². The van der Waals surface area contributed by atoms with Gasteiger partial charge in [0.25, 0.3) is 0 Å². The molecule has 0 radical (unpaired) electrons. The van der Waals surface area contributed by atoms with Gasteiger partial charge in [0.2, 0.25) is 0 Å². The van der Waals surface area contributed by atoms with E-state index in [1.54, 1.807) is 0 Å². The molecule has 0 saturated carbocycles. The highest BCUT2D eigenvalue weighted by Gasteiger charge is 2.32. The van der Waals surface area contributed by atoms with Gasteiger partial charge in [0.1, 0.15) is 0 Å². The van der Waals surface area contributed by atoms with E-state index in [9.17, 15) is 0 Å². The van der Waals surface area contributed by atoms with Crippen molar-refractivity contribution in [1.82, 2.24) is 0 Å². The lowest BCUT2D eigenvalue weighted by molar-refractivity contribution is 0.105. The summed E-state index contributed by atoms with van der Waals surface area (Å²) in [7, 11) is 0. The molecular weight excluding hydrogens is 192 g/mol. The van der Waals surface area contributed by atoms with Crippen LogP contribution in [0, 0.1) is 23.2 Å². The number of rotatable bonds is 8. The van der Waals surface area contributed by atoms with E-state index in [0.29, 0.717) is 5.41 Å². The van der Waals surface area contributed by atoms with Crippen LogP contribution in [0.15, 0.2) is 0 Å². The molecule has 0 aliphatic carbocycles. The fraction of sp³-hybridized carbons (Fsp3) is 1.00. The van der Waals surface area contributed by atoms with E-state index in [1.165, 1.54) is 32.1 Å². The van der Waals surface area contributed by atoms with E-state index in [0.717, 1.165) is 17.8 Å². The average Bonchev–Trinajstić information content (AvgIpc) is 2.29. The molecule has 0 aromatic rings. The average molecular weight is 226 g/mol. The smallest absolute Gasteiger partial charge is 0.0326 e. The van der Waals surface area contributed by atoms with Gasteiger partial charge in [0.15, 0.2) is 0 Å². The zero-order valence-electron chi connectivity index (χ0n) is 12.8. The molecular formula is C16H34. The second-order valence-electron chi connectivity index (χ2n) is 6.25. The molecule has 0 fully saturated rings. The highest BCUT2D eigenvalue weighted by atomic mass is 14.4. The Bertz CT molecular complexity index is 165. The van der Waals surface area contributed by atoms with E-state index >= 15 is 0 Å². The molecule has 0 N–H and O–H groups in total. The van der Waals surface area contributed by atoms with Crippen LogP contribution in [0.25, 0.3) is 0 Å². The van der Waals surface area contributed by atoms with Crippen LogP contribution in [0.4, 0.5) is 0 Å². The monoisotopic (exact) mass is 226 g/mol. The minimum Gasteiger partial charge on any atom is -0.0651 e. The van der Waals surface area contributed by atoms with Crippen molar-refractivity contribution >= 4 is 0 Å². The Labute approximate surface area is 104 Å². The molecule has 0 nitrogen and oxygen atoms in total. The van der Waals surface area contributed by atoms with Crippen molar-refractivity contribution in [3.8, 4) is 0 Å². The second-order valence-corrected chi connectivity index (χ2v) is 6.25. The molecule has 0 aliphatic rings. The van der Waals surface area contributed by atoms with Gasteiger partial charge >= 0.3 is 0 Å². The normalized spacial score (nSPS) is 16.5. The van der Waals surface area contributed by atoms with E-state index < -0.39 is 0 Å². The molecule has 0 heteroatoms. The van der Waals surface area contributed by atoms with Crippen molar-refractivity contribution in [2.24, 2.45) is 23.2 Å². The van der Waals surface area contributed by atoms with Crippen LogP contribution in [-0.4, -0.2) is 0 Å². The molecule has 0 amide bonds. The van der Waals surface area contributed by atoms with Crippen molar-refractivity contribution in [2.45, 2.75) is 80.6 Å². The highest BCUT2D eigenvalue weighted by Crippen LogP contribution is 2.41. The second kappa shape index (κ2) is 7.35. The summed E-state index contributed by atoms with van der Waals surface area (Å²) in [6, 6.07) is 0. The van der Waals surface area contributed by atoms with Crippen LogP contribution in [0.5, 0.6) is 0 Å². The molecule has 0 rings (SSSR count). The van der Waals surface area contributed by atoms with E-state index in [-0.39, 0.29) is 0 Å². The predicted molar refractivity (Wildman–Crippen MR) is 75.7 cm³/mol. The molecule has 0 heterocycles. The molecule has 2 atom stereocenters. The topological polar surface area (TPSA) is 0 Å². The Hall–Kier alpha value is 0. The van der Waals surface area contributed by atoms with Crippen LogP contribution < -0.4 is 0 Å². The first-order chi connectivity index (χ1) is 7.42. The summed E-state index contributed by atoms with van der Waals surface area (Å²) in [5.74, 6) is 2.70. The Morgan fingerprint density at radius 2 is 1.38 bits per heavy atom. The van der Waals surface area contributed by atoms with E-state index in [1.807, 2.05) is 0 Å². The molecule has 98 valence electrons. The molecule has 0 aromatic carbocycles. The summed E-state index contributed by atoms with van der Waals surface area (Å²) >= 11 is 0. The predicted octanol–water partition coefficient (Wildman–Crippen LogP) is 5.91. The van der Waals surface area contributed by atoms with Gasteiger partial charge in [-0.15, -0.1) is 0 Å². The molecule has 2 unspecified atom stereocenters. The first-order valence-corrected chi connectivity index (χ1v) is 7.42. The van der Waals surface area contributed by atoms with Gasteiger partial charge < -0.3 is 0 Å². The van der Waals surface area contributed by atoms with E-state index in [4.69, 9.17) is 0 Å². The van der Waals surface area contributed by atoms with Crippen LogP contribution in [0.1, 0.15) is 80.6 Å². The van der Waals surface area contributed by atoms with Gasteiger partial charge in [0, 0.05) is 0 Å². The highest BCUT2D eigenvalue weighted by molar-refractivity contribution is 4.82. The van der Waals surface area contributed by atoms with Crippen molar-refractivity contribution in [3.05, 3.63) is 0 Å². The number of hydrogen-bond acceptors (Lipinski definition) is 0. The van der Waals surface area contributed by atoms with Gasteiger partial charge in [0.05, 0.1) is 0 Å². The Morgan fingerprint density at radius 3 is 1.69 bits per heavy atom. The zero-order chi connectivity index (χ0) is 12.8. The summed E-state index contributed by atoms with van der Waals surface area (Å²) in [6.07, 6.45) is 6.77. The summed E-state index contributed by atoms with van der Waals surface area (Å²) in [5.41, 5.74) is 0.512. The third-order valence-corrected chi connectivity index (χ3v) is 4.99. The molecule has 0 bridgehead atoms. The standard InChI is InChI=1S/C16H34/c1-8-13(5)15(16(6,7)11-4)12-14(9-2)10-3/h13-15H,8-12H2,1-7H3. The van der Waals surface area contributed by atoms with Gasteiger partial charge in [-0.1, -0.05) is 74.1 Å². The zero-order valence-corrected chi connectivity index (χ0v) is 12.8. The summed E-state index contributed by atoms with van der Waals surface area (Å²) in [6.45, 7) is 16.8. The quantitative estimate of drug-likeness (QED) is 0.482. The Morgan fingerprint density at radius 1 is 0.875 bits per heavy atom. The number of hydrogen-bond donors (Lipinski definition) is 0. The molecule has 16 heavy (non-hydrogen) atoms. The lowest BCUT2D eigenvalue weighted by atomic mass is 9.66. The summed E-state index contributed by atoms with van der Waals surface area (Å²) < 4.78 is 0. The van der Waals surface area contributed by atoms with Gasteiger partial charge in [-0.05, 0) is 29.6 Å². The maximum Gasteiger partial charge on any atom is -0.0326 e. The van der Waals surface area contributed by atoms with Crippen LogP contribution in [0.2, 0.25) is 0 Å². The van der Waals surface area contributed by atoms with Gasteiger partial charge in [-0.2, -0.15) is 0 Å². The maximum absolute atomic E-state index is 2.46. The van der Waals surface area contributed by atoms with Crippen molar-refractivity contribution in [1.29, 1.82) is 0 Å². The third-order valence-electron chi connectivity index (χ3n) is 4.99. The Balaban J connectivity index is 4.67. The molecule has 0 saturated heterocycles. The minimum absolute atomic E-state index is 0.512. The summed E-state index contributed by atoms with van der Waals surface area (Å²) in [4.78, 5) is 0. The van der Waals surface area contributed by atoms with Crippen LogP contribution in [0.3, 0.4) is 0 Å².